The first kappa shape index (κ1) is 18.5. The van der Waals surface area contributed by atoms with E-state index in [1.54, 1.807) is 24.3 Å². The van der Waals surface area contributed by atoms with Gasteiger partial charge in [-0.15, -0.1) is 0 Å². The van der Waals surface area contributed by atoms with Crippen molar-refractivity contribution >= 4 is 17.5 Å². The van der Waals surface area contributed by atoms with Crippen LogP contribution in [0.2, 0.25) is 0 Å². The van der Waals surface area contributed by atoms with Crippen molar-refractivity contribution in [1.29, 1.82) is 0 Å². The van der Waals surface area contributed by atoms with Crippen molar-refractivity contribution in [2.75, 3.05) is 13.2 Å². The number of hydrogen-bond acceptors (Lipinski definition) is 6. The molecule has 1 fully saturated rings. The lowest BCUT2D eigenvalue weighted by Gasteiger charge is -2.23. The van der Waals surface area contributed by atoms with Gasteiger partial charge >= 0.3 is 5.97 Å². The largest absolute Gasteiger partial charge is 0.463 e. The Bertz CT molecular complexity index is 791. The van der Waals surface area contributed by atoms with Gasteiger partial charge in [0.1, 0.15) is 0 Å². The van der Waals surface area contributed by atoms with Crippen molar-refractivity contribution in [2.45, 2.75) is 44.3 Å². The molecule has 0 unspecified atom stereocenters. The van der Waals surface area contributed by atoms with Crippen LogP contribution < -0.4 is 0 Å². The molecule has 26 heavy (non-hydrogen) atoms. The maximum absolute atomic E-state index is 13.1. The number of epoxide rings is 1. The molecule has 0 amide bonds. The average molecular weight is 358 g/mol. The summed E-state index contributed by atoms with van der Waals surface area (Å²) in [5.41, 5.74) is -2.00. The van der Waals surface area contributed by atoms with Crippen molar-refractivity contribution in [3.63, 3.8) is 0 Å². The van der Waals surface area contributed by atoms with Crippen LogP contribution in [0.4, 0.5) is 0 Å². The Balaban J connectivity index is 1.97. The van der Waals surface area contributed by atoms with E-state index in [1.165, 1.54) is 6.07 Å². The Kier molecular flexibility index (Phi) is 4.82. The first-order valence-electron chi connectivity index (χ1n) is 8.71. The van der Waals surface area contributed by atoms with Crippen molar-refractivity contribution in [3.05, 3.63) is 47.0 Å². The lowest BCUT2D eigenvalue weighted by Crippen LogP contribution is -2.50. The van der Waals surface area contributed by atoms with Crippen LogP contribution in [0, 0.1) is 0 Å². The van der Waals surface area contributed by atoms with Crippen LogP contribution in [-0.4, -0.2) is 47.1 Å². The number of ether oxygens (including phenoxy) is 2. The molecule has 2 atom stereocenters. The zero-order chi connectivity index (χ0) is 18.9. The first-order valence-corrected chi connectivity index (χ1v) is 8.71. The highest BCUT2D eigenvalue weighted by molar-refractivity contribution is 6.32. The Morgan fingerprint density at radius 2 is 1.81 bits per heavy atom. The van der Waals surface area contributed by atoms with E-state index in [0.717, 1.165) is 5.57 Å². The van der Waals surface area contributed by atoms with Crippen molar-refractivity contribution in [3.8, 4) is 0 Å². The molecule has 1 N–H and O–H groups in total. The molecule has 0 saturated carbocycles. The fourth-order valence-corrected chi connectivity index (χ4v) is 3.36. The summed E-state index contributed by atoms with van der Waals surface area (Å²) in [5.74, 6) is -1.72. The molecule has 0 radical (unpaired) electrons. The van der Waals surface area contributed by atoms with Gasteiger partial charge in [-0.05, 0) is 26.7 Å². The van der Waals surface area contributed by atoms with Gasteiger partial charge in [0, 0.05) is 24.2 Å². The number of benzene rings is 1. The van der Waals surface area contributed by atoms with Crippen LogP contribution in [0.25, 0.3) is 0 Å². The van der Waals surface area contributed by atoms with E-state index in [0.29, 0.717) is 12.8 Å². The number of unbranched alkanes of at least 4 members (excludes halogenated alkanes) is 1. The van der Waals surface area contributed by atoms with Crippen LogP contribution in [0.3, 0.4) is 0 Å². The van der Waals surface area contributed by atoms with E-state index in [-0.39, 0.29) is 36.5 Å². The summed E-state index contributed by atoms with van der Waals surface area (Å²) in [6, 6.07) is 6.44. The number of fused-ring (bicyclic) bond motifs is 2. The molecule has 1 aliphatic carbocycles. The molecule has 1 saturated heterocycles. The topological polar surface area (TPSA) is 93.2 Å². The number of Topliss-reactive ketones (excluding diaryl/α,β-unsaturated/α-hetero) is 2. The minimum absolute atomic E-state index is 0.00546. The highest BCUT2D eigenvalue weighted by atomic mass is 16.7. The van der Waals surface area contributed by atoms with Gasteiger partial charge in [-0.3, -0.25) is 9.59 Å². The number of hydrogen-bond donors (Lipinski definition) is 1. The van der Waals surface area contributed by atoms with Gasteiger partial charge < -0.3 is 14.6 Å². The van der Waals surface area contributed by atoms with Crippen LogP contribution in [0.1, 0.15) is 53.8 Å². The molecule has 3 rings (SSSR count). The SMILES string of the molecule is CC(C)=CC[C@@]12O[C@]1(C(=O)OCCCCO)C(=O)c1ccccc1C2=O. The van der Waals surface area contributed by atoms with Crippen LogP contribution in [0.5, 0.6) is 0 Å². The second-order valence-electron chi connectivity index (χ2n) is 6.87. The molecular formula is C20H22O6. The molecule has 0 aromatic heterocycles. The maximum atomic E-state index is 13.1. The smallest absolute Gasteiger partial charge is 0.350 e. The highest BCUT2D eigenvalue weighted by Gasteiger charge is 2.85. The van der Waals surface area contributed by atoms with Gasteiger partial charge in [-0.25, -0.2) is 4.79 Å². The number of carbonyl (C=O) groups is 3. The minimum atomic E-state index is -1.90. The molecule has 2 aliphatic rings. The molecule has 6 nitrogen and oxygen atoms in total. The monoisotopic (exact) mass is 358 g/mol. The highest BCUT2D eigenvalue weighted by Crippen LogP contribution is 2.58. The summed E-state index contributed by atoms with van der Waals surface area (Å²) in [7, 11) is 0. The van der Waals surface area contributed by atoms with E-state index in [2.05, 4.69) is 0 Å². The predicted molar refractivity (Wildman–Crippen MR) is 93.0 cm³/mol. The summed E-state index contributed by atoms with van der Waals surface area (Å²) in [4.78, 5) is 38.9. The van der Waals surface area contributed by atoms with Gasteiger partial charge in [0.05, 0.1) is 6.61 Å². The van der Waals surface area contributed by atoms with E-state index in [1.807, 2.05) is 13.8 Å². The number of carbonyl (C=O) groups excluding carboxylic acids is 3. The average Bonchev–Trinajstić information content (AvgIpc) is 3.34. The lowest BCUT2D eigenvalue weighted by molar-refractivity contribution is -0.148. The standard InChI is InChI=1S/C20H22O6/c1-13(2)9-10-19-16(22)14-7-3-4-8-15(14)17(23)20(19,26-19)18(24)25-12-6-5-11-21/h3-4,7-9,21H,5-6,10-12H2,1-2H3/t19-,20-/m0/s1. The lowest BCUT2D eigenvalue weighted by atomic mass is 9.72. The minimum Gasteiger partial charge on any atom is -0.463 e. The van der Waals surface area contributed by atoms with Gasteiger partial charge in [0.2, 0.25) is 5.78 Å². The third-order valence-corrected chi connectivity index (χ3v) is 4.83. The second kappa shape index (κ2) is 6.78. The number of rotatable bonds is 7. The number of esters is 1. The normalized spacial score (nSPS) is 26.0. The van der Waals surface area contributed by atoms with E-state index < -0.39 is 23.0 Å². The molecule has 1 aromatic carbocycles. The molecular weight excluding hydrogens is 336 g/mol. The fourth-order valence-electron chi connectivity index (χ4n) is 3.36. The van der Waals surface area contributed by atoms with E-state index >= 15 is 0 Å². The van der Waals surface area contributed by atoms with E-state index in [9.17, 15) is 14.4 Å². The Morgan fingerprint density at radius 3 is 2.42 bits per heavy atom. The van der Waals surface area contributed by atoms with Crippen LogP contribution >= 0.6 is 0 Å². The number of aliphatic hydroxyl groups excluding tert-OH is 1. The molecule has 1 aromatic rings. The van der Waals surface area contributed by atoms with Crippen LogP contribution in [-0.2, 0) is 14.3 Å². The number of aliphatic hydroxyl groups is 1. The van der Waals surface area contributed by atoms with Gasteiger partial charge in [-0.2, -0.15) is 0 Å². The van der Waals surface area contributed by atoms with Crippen molar-refractivity contribution in [2.24, 2.45) is 0 Å². The first-order chi connectivity index (χ1) is 12.4. The summed E-state index contributed by atoms with van der Waals surface area (Å²) in [6.07, 6.45) is 2.89. The molecule has 1 heterocycles. The fraction of sp³-hybridized carbons (Fsp3) is 0.450. The molecule has 1 aliphatic heterocycles. The Morgan fingerprint density at radius 1 is 1.15 bits per heavy atom. The van der Waals surface area contributed by atoms with Crippen molar-refractivity contribution in [1.82, 2.24) is 0 Å². The van der Waals surface area contributed by atoms with Gasteiger partial charge in [0.25, 0.3) is 5.60 Å². The Hall–Kier alpha value is -2.31. The molecule has 0 bridgehead atoms. The second-order valence-corrected chi connectivity index (χ2v) is 6.87. The van der Waals surface area contributed by atoms with Gasteiger partial charge in [0.15, 0.2) is 11.4 Å². The third kappa shape index (κ3) is 2.61. The molecule has 6 heteroatoms. The predicted octanol–water partition coefficient (Wildman–Crippen LogP) is 2.25. The summed E-state index contributed by atoms with van der Waals surface area (Å²) in [6.45, 7) is 3.80. The summed E-state index contributed by atoms with van der Waals surface area (Å²) < 4.78 is 10.9. The Labute approximate surface area is 151 Å². The molecule has 0 spiro atoms. The van der Waals surface area contributed by atoms with Crippen molar-refractivity contribution < 1.29 is 29.0 Å². The number of allylic oxidation sites excluding steroid dienone is 1. The number of ketones is 2. The summed E-state index contributed by atoms with van der Waals surface area (Å²) >= 11 is 0. The maximum Gasteiger partial charge on any atom is 0.350 e. The molecule has 138 valence electrons. The van der Waals surface area contributed by atoms with Crippen LogP contribution in [0.15, 0.2) is 35.9 Å². The zero-order valence-corrected chi connectivity index (χ0v) is 14.9. The van der Waals surface area contributed by atoms with Gasteiger partial charge in [-0.1, -0.05) is 35.9 Å². The summed E-state index contributed by atoms with van der Waals surface area (Å²) in [5, 5.41) is 8.82. The zero-order valence-electron chi connectivity index (χ0n) is 14.9. The van der Waals surface area contributed by atoms with E-state index in [4.69, 9.17) is 14.6 Å². The third-order valence-electron chi connectivity index (χ3n) is 4.83. The quantitative estimate of drug-likeness (QED) is 0.264.